The number of hydrogen-bond donors (Lipinski definition) is 5. The number of hydrogen-bond acceptors (Lipinski definition) is 6. The van der Waals surface area contributed by atoms with E-state index in [1.54, 1.807) is 6.07 Å². The van der Waals surface area contributed by atoms with Crippen LogP contribution in [0.2, 0.25) is 0 Å². The van der Waals surface area contributed by atoms with Gasteiger partial charge in [0.25, 0.3) is 5.91 Å². The Kier molecular flexibility index (Phi) is 8.35. The molecule has 0 aliphatic carbocycles. The summed E-state index contributed by atoms with van der Waals surface area (Å²) in [6.45, 7) is -0.943. The molecule has 188 valence electrons. The number of benzene rings is 3. The Hall–Kier alpha value is -4.29. The average molecular weight is 513 g/mol. The van der Waals surface area contributed by atoms with Crippen molar-refractivity contribution in [2.75, 3.05) is 13.1 Å². The van der Waals surface area contributed by atoms with E-state index in [-0.39, 0.29) is 16.9 Å². The first kappa shape index (κ1) is 26.3. The first-order valence-electron chi connectivity index (χ1n) is 10.7. The topological polar surface area (TPSA) is 185 Å². The van der Waals surface area contributed by atoms with Gasteiger partial charge in [0.15, 0.2) is 0 Å². The van der Waals surface area contributed by atoms with Gasteiger partial charge in [0.2, 0.25) is 21.8 Å². The summed E-state index contributed by atoms with van der Waals surface area (Å²) >= 11 is 0. The average Bonchev–Trinajstić information content (AvgIpc) is 2.85. The number of fused-ring (bicyclic) bond motifs is 1. The lowest BCUT2D eigenvalue weighted by atomic mass is 10.0. The van der Waals surface area contributed by atoms with Crippen LogP contribution in [0, 0.1) is 0 Å². The molecule has 0 saturated heterocycles. The van der Waals surface area contributed by atoms with Gasteiger partial charge in [-0.15, -0.1) is 0 Å². The van der Waals surface area contributed by atoms with Crippen molar-refractivity contribution >= 4 is 44.5 Å². The molecule has 0 aromatic heterocycles. The third-order valence-corrected chi connectivity index (χ3v) is 6.12. The summed E-state index contributed by atoms with van der Waals surface area (Å²) < 4.78 is 22.5. The van der Waals surface area contributed by atoms with Crippen molar-refractivity contribution in [1.29, 1.82) is 0 Å². The van der Waals surface area contributed by atoms with Crippen LogP contribution in [0.1, 0.15) is 15.9 Å². The molecule has 0 aliphatic heterocycles. The Morgan fingerprint density at radius 1 is 0.833 bits per heavy atom. The van der Waals surface area contributed by atoms with E-state index < -0.39 is 52.8 Å². The maximum Gasteiger partial charge on any atom is 0.326 e. The van der Waals surface area contributed by atoms with Crippen LogP contribution in [0.25, 0.3) is 10.8 Å². The fourth-order valence-corrected chi connectivity index (χ4v) is 3.86. The Bertz CT molecular complexity index is 1410. The van der Waals surface area contributed by atoms with E-state index >= 15 is 0 Å². The molecule has 0 fully saturated rings. The van der Waals surface area contributed by atoms with E-state index in [1.807, 2.05) is 36.4 Å². The highest BCUT2D eigenvalue weighted by atomic mass is 32.2. The predicted octanol–water partition coefficient (Wildman–Crippen LogP) is 0.145. The van der Waals surface area contributed by atoms with Gasteiger partial charge in [-0.1, -0.05) is 42.5 Å². The zero-order valence-corrected chi connectivity index (χ0v) is 19.7. The molecule has 0 radical (unpaired) electrons. The van der Waals surface area contributed by atoms with Crippen LogP contribution in [0.15, 0.2) is 71.6 Å². The molecule has 0 bridgehead atoms. The maximum absolute atomic E-state index is 12.2. The summed E-state index contributed by atoms with van der Waals surface area (Å²) in [6, 6.07) is 16.7. The second-order valence-corrected chi connectivity index (χ2v) is 9.43. The standard InChI is InChI=1S/C24H24N4O7S/c25-36(34,35)19-9-7-17(8-10-19)23(31)27-13-21(29)26-14-22(30)28-20(24(32)33)12-15-5-6-16-3-1-2-4-18(16)11-15/h1-11,20H,12-14H2,(H,26,29)(H,27,31)(H,28,30)(H,32,33)(H2,25,34,35). The summed E-state index contributed by atoms with van der Waals surface area (Å²) in [5, 5.41) is 23.5. The second kappa shape index (κ2) is 11.4. The highest BCUT2D eigenvalue weighted by Crippen LogP contribution is 2.17. The number of nitrogens with one attached hydrogen (secondary N) is 3. The minimum atomic E-state index is -3.90. The van der Waals surface area contributed by atoms with Crippen molar-refractivity contribution in [3.05, 3.63) is 77.9 Å². The summed E-state index contributed by atoms with van der Waals surface area (Å²) in [4.78, 5) is 47.8. The summed E-state index contributed by atoms with van der Waals surface area (Å²) in [5.74, 6) is -3.25. The van der Waals surface area contributed by atoms with E-state index in [4.69, 9.17) is 5.14 Å². The fourth-order valence-electron chi connectivity index (χ4n) is 3.35. The minimum Gasteiger partial charge on any atom is -0.480 e. The molecule has 0 spiro atoms. The van der Waals surface area contributed by atoms with Crippen LogP contribution in [0.5, 0.6) is 0 Å². The third-order valence-electron chi connectivity index (χ3n) is 5.19. The number of carboxylic acid groups (broad SMARTS) is 1. The Morgan fingerprint density at radius 2 is 1.47 bits per heavy atom. The van der Waals surface area contributed by atoms with Crippen LogP contribution in [-0.2, 0) is 30.8 Å². The van der Waals surface area contributed by atoms with Crippen LogP contribution < -0.4 is 21.1 Å². The monoisotopic (exact) mass is 512 g/mol. The number of carbonyl (C=O) groups is 4. The lowest BCUT2D eigenvalue weighted by molar-refractivity contribution is -0.141. The smallest absolute Gasteiger partial charge is 0.326 e. The highest BCUT2D eigenvalue weighted by molar-refractivity contribution is 7.89. The van der Waals surface area contributed by atoms with Gasteiger partial charge in [-0.2, -0.15) is 0 Å². The van der Waals surface area contributed by atoms with E-state index in [0.29, 0.717) is 0 Å². The van der Waals surface area contributed by atoms with Crippen molar-refractivity contribution in [2.24, 2.45) is 5.14 Å². The third kappa shape index (κ3) is 7.35. The first-order chi connectivity index (χ1) is 17.0. The van der Waals surface area contributed by atoms with E-state index in [2.05, 4.69) is 16.0 Å². The van der Waals surface area contributed by atoms with Gasteiger partial charge >= 0.3 is 5.97 Å². The second-order valence-electron chi connectivity index (χ2n) is 7.87. The van der Waals surface area contributed by atoms with Gasteiger partial charge in [-0.05, 0) is 40.6 Å². The van der Waals surface area contributed by atoms with Gasteiger partial charge in [0, 0.05) is 12.0 Å². The van der Waals surface area contributed by atoms with Crippen molar-refractivity contribution in [3.63, 3.8) is 0 Å². The van der Waals surface area contributed by atoms with Gasteiger partial charge < -0.3 is 21.1 Å². The SMILES string of the molecule is NS(=O)(=O)c1ccc(C(=O)NCC(=O)NCC(=O)NC(Cc2ccc3ccccc3c2)C(=O)O)cc1. The molecule has 3 aromatic rings. The lowest BCUT2D eigenvalue weighted by Gasteiger charge is -2.15. The van der Waals surface area contributed by atoms with Crippen molar-refractivity contribution in [1.82, 2.24) is 16.0 Å². The Balaban J connectivity index is 1.47. The molecule has 3 amide bonds. The van der Waals surface area contributed by atoms with Gasteiger partial charge in [-0.25, -0.2) is 18.4 Å². The van der Waals surface area contributed by atoms with Crippen LogP contribution in [0.3, 0.4) is 0 Å². The molecule has 3 aromatic carbocycles. The minimum absolute atomic E-state index is 0.0557. The Labute approximate surface area is 206 Å². The molecule has 3 rings (SSSR count). The normalized spacial score (nSPS) is 11.9. The number of primary sulfonamides is 1. The summed E-state index contributed by atoms with van der Waals surface area (Å²) in [6.07, 6.45) is 0.0557. The first-order valence-corrected chi connectivity index (χ1v) is 12.2. The molecule has 1 atom stereocenters. The van der Waals surface area contributed by atoms with Crippen molar-refractivity contribution in [2.45, 2.75) is 17.4 Å². The number of rotatable bonds is 10. The molecule has 0 saturated carbocycles. The molecule has 12 heteroatoms. The Morgan fingerprint density at radius 3 is 2.11 bits per heavy atom. The number of carbonyl (C=O) groups excluding carboxylic acids is 3. The molecule has 0 aliphatic rings. The largest absolute Gasteiger partial charge is 0.480 e. The van der Waals surface area contributed by atoms with Crippen molar-refractivity contribution < 1.29 is 32.7 Å². The number of aliphatic carboxylic acids is 1. The van der Waals surface area contributed by atoms with Crippen LogP contribution >= 0.6 is 0 Å². The number of nitrogens with two attached hydrogens (primary N) is 1. The van der Waals surface area contributed by atoms with Gasteiger partial charge in [-0.3, -0.25) is 14.4 Å². The molecule has 36 heavy (non-hydrogen) atoms. The fraction of sp³-hybridized carbons (Fsp3) is 0.167. The quantitative estimate of drug-likeness (QED) is 0.256. The lowest BCUT2D eigenvalue weighted by Crippen LogP contribution is -2.47. The molecular weight excluding hydrogens is 488 g/mol. The van der Waals surface area contributed by atoms with Gasteiger partial charge in [0.05, 0.1) is 18.0 Å². The molecule has 11 nitrogen and oxygen atoms in total. The van der Waals surface area contributed by atoms with Crippen molar-refractivity contribution in [3.8, 4) is 0 Å². The zero-order chi connectivity index (χ0) is 26.3. The van der Waals surface area contributed by atoms with Crippen LogP contribution in [-0.4, -0.2) is 56.3 Å². The number of sulfonamides is 1. The molecule has 1 unspecified atom stereocenters. The zero-order valence-electron chi connectivity index (χ0n) is 18.9. The molecule has 0 heterocycles. The predicted molar refractivity (Wildman–Crippen MR) is 130 cm³/mol. The number of amides is 3. The maximum atomic E-state index is 12.2. The summed E-state index contributed by atoms with van der Waals surface area (Å²) in [7, 11) is -3.90. The number of carboxylic acids is 1. The highest BCUT2D eigenvalue weighted by Gasteiger charge is 2.21. The van der Waals surface area contributed by atoms with E-state index in [1.165, 1.54) is 12.1 Å². The van der Waals surface area contributed by atoms with Gasteiger partial charge in [0.1, 0.15) is 6.04 Å². The molecule has 6 N–H and O–H groups in total. The summed E-state index contributed by atoms with van der Waals surface area (Å²) in [5.41, 5.74) is 0.830. The van der Waals surface area contributed by atoms with Crippen LogP contribution in [0.4, 0.5) is 0 Å². The van der Waals surface area contributed by atoms with E-state index in [9.17, 15) is 32.7 Å². The van der Waals surface area contributed by atoms with E-state index in [0.717, 1.165) is 28.5 Å². The molecular formula is C24H24N4O7S.